The van der Waals surface area contributed by atoms with Gasteiger partial charge in [-0.15, -0.1) is 0 Å². The molecule has 1 aromatic carbocycles. The van der Waals surface area contributed by atoms with E-state index in [9.17, 15) is 20.0 Å². The van der Waals surface area contributed by atoms with Gasteiger partial charge in [0.2, 0.25) is 0 Å². The van der Waals surface area contributed by atoms with Crippen molar-refractivity contribution in [1.82, 2.24) is 9.97 Å². The molecule has 0 bridgehead atoms. The number of aromatic amines is 1. The van der Waals surface area contributed by atoms with Crippen molar-refractivity contribution < 1.29 is 19.5 Å². The lowest BCUT2D eigenvalue weighted by Gasteiger charge is -2.14. The number of aromatic nitrogens is 2. The number of nitrogens with zero attached hydrogens (tertiary/aromatic N) is 2. The maximum atomic E-state index is 11.6. The summed E-state index contributed by atoms with van der Waals surface area (Å²) in [6, 6.07) is 5.29. The summed E-state index contributed by atoms with van der Waals surface area (Å²) in [4.78, 5) is 27.2. The van der Waals surface area contributed by atoms with Gasteiger partial charge in [0.1, 0.15) is 5.82 Å². The maximum Gasteiger partial charge on any atom is 0.395 e. The van der Waals surface area contributed by atoms with Gasteiger partial charge in [-0.05, 0) is 44.5 Å². The van der Waals surface area contributed by atoms with Crippen LogP contribution in [-0.2, 0) is 0 Å². The van der Waals surface area contributed by atoms with Crippen molar-refractivity contribution in [2.75, 3.05) is 6.61 Å². The summed E-state index contributed by atoms with van der Waals surface area (Å²) in [5, 5.41) is 20.2. The molecule has 0 aliphatic heterocycles. The number of hydrogen-bond acceptors (Lipinski definition) is 7. The fraction of sp³-hybridized carbons (Fsp3) is 0.294. The maximum absolute atomic E-state index is 11.6. The topological polar surface area (TPSA) is 128 Å². The third-order valence-electron chi connectivity index (χ3n) is 3.14. The van der Waals surface area contributed by atoms with Crippen molar-refractivity contribution >= 4 is 17.8 Å². The second-order valence-corrected chi connectivity index (χ2v) is 5.52. The summed E-state index contributed by atoms with van der Waals surface area (Å²) in [6.07, 6.45) is 3.03. The molecule has 0 amide bonds. The predicted octanol–water partition coefficient (Wildman–Crippen LogP) is 2.74. The quantitative estimate of drug-likeness (QED) is 0.573. The number of aromatic hydroxyl groups is 1. The van der Waals surface area contributed by atoms with Crippen LogP contribution in [0.15, 0.2) is 23.0 Å². The number of H-pyrrole nitrogens is 1. The minimum atomic E-state index is -1.03. The molecular formula is C17H19N3O6. The number of benzene rings is 1. The second-order valence-electron chi connectivity index (χ2n) is 5.52. The molecule has 0 atom stereocenters. The molecule has 0 unspecified atom stereocenters. The van der Waals surface area contributed by atoms with Crippen molar-refractivity contribution in [3.05, 3.63) is 50.1 Å². The summed E-state index contributed by atoms with van der Waals surface area (Å²) in [6.45, 7) is 6.14. The van der Waals surface area contributed by atoms with Crippen molar-refractivity contribution in [2.24, 2.45) is 0 Å². The Morgan fingerprint density at radius 2 is 2.08 bits per heavy atom. The second kappa shape index (κ2) is 8.15. The predicted molar refractivity (Wildman–Crippen MR) is 95.5 cm³/mol. The third kappa shape index (κ3) is 4.59. The molecule has 9 nitrogen and oxygen atoms in total. The molecule has 1 heterocycles. The number of nitrogens with one attached hydrogen (secondary N) is 1. The smallest absolute Gasteiger partial charge is 0.395 e. The lowest BCUT2D eigenvalue weighted by Crippen LogP contribution is -2.14. The molecule has 2 N–H and O–H groups in total. The number of hydrogen-bond donors (Lipinski definition) is 2. The van der Waals surface area contributed by atoms with Crippen LogP contribution in [0, 0.1) is 10.1 Å². The zero-order valence-corrected chi connectivity index (χ0v) is 14.6. The number of ether oxygens (including phenoxy) is 2. The van der Waals surface area contributed by atoms with Crippen LogP contribution < -0.4 is 15.0 Å². The van der Waals surface area contributed by atoms with Crippen LogP contribution in [0.1, 0.15) is 32.2 Å². The van der Waals surface area contributed by atoms with Gasteiger partial charge in [0.05, 0.1) is 17.6 Å². The van der Waals surface area contributed by atoms with Crippen molar-refractivity contribution in [3.63, 3.8) is 0 Å². The molecule has 2 rings (SSSR count). The molecule has 0 aliphatic carbocycles. The molecule has 0 saturated carbocycles. The van der Waals surface area contributed by atoms with Crippen LogP contribution in [0.3, 0.4) is 0 Å². The van der Waals surface area contributed by atoms with Crippen LogP contribution in [-0.4, -0.2) is 32.7 Å². The van der Waals surface area contributed by atoms with Gasteiger partial charge in [0.15, 0.2) is 11.5 Å². The Morgan fingerprint density at radius 3 is 2.65 bits per heavy atom. The molecule has 0 saturated heterocycles. The van der Waals surface area contributed by atoms with Gasteiger partial charge >= 0.3 is 11.2 Å². The van der Waals surface area contributed by atoms with Crippen LogP contribution in [0.4, 0.5) is 5.69 Å². The van der Waals surface area contributed by atoms with Crippen LogP contribution in [0.2, 0.25) is 0 Å². The monoisotopic (exact) mass is 361 g/mol. The number of nitro groups is 1. The lowest BCUT2D eigenvalue weighted by molar-refractivity contribution is -0.387. The first-order valence-electron chi connectivity index (χ1n) is 7.91. The Bertz CT molecular complexity index is 889. The van der Waals surface area contributed by atoms with E-state index in [1.807, 2.05) is 20.8 Å². The van der Waals surface area contributed by atoms with Crippen LogP contribution in [0.5, 0.6) is 17.4 Å². The fourth-order valence-corrected chi connectivity index (χ4v) is 2.14. The molecular weight excluding hydrogens is 342 g/mol. The first-order chi connectivity index (χ1) is 12.3. The zero-order chi connectivity index (χ0) is 19.3. The first-order valence-corrected chi connectivity index (χ1v) is 7.91. The molecule has 138 valence electrons. The van der Waals surface area contributed by atoms with E-state index >= 15 is 0 Å². The van der Waals surface area contributed by atoms with Gasteiger partial charge < -0.3 is 19.6 Å². The van der Waals surface area contributed by atoms with Gasteiger partial charge in [-0.3, -0.25) is 14.9 Å². The molecule has 9 heteroatoms. The Labute approximate surface area is 149 Å². The molecule has 0 spiro atoms. The molecule has 0 fully saturated rings. The average molecular weight is 361 g/mol. The highest BCUT2D eigenvalue weighted by Gasteiger charge is 2.21. The van der Waals surface area contributed by atoms with Crippen LogP contribution >= 0.6 is 0 Å². The molecule has 1 aromatic heterocycles. The Morgan fingerprint density at radius 1 is 1.35 bits per heavy atom. The van der Waals surface area contributed by atoms with Gasteiger partial charge in [-0.1, -0.05) is 12.1 Å². The van der Waals surface area contributed by atoms with E-state index in [0.29, 0.717) is 18.1 Å². The summed E-state index contributed by atoms with van der Waals surface area (Å²) < 4.78 is 11.2. The minimum absolute atomic E-state index is 0.00652. The molecule has 26 heavy (non-hydrogen) atoms. The van der Waals surface area contributed by atoms with Crippen molar-refractivity contribution in [2.45, 2.75) is 26.9 Å². The Kier molecular flexibility index (Phi) is 5.94. The summed E-state index contributed by atoms with van der Waals surface area (Å²) in [5.41, 5.74) is -1.29. The van der Waals surface area contributed by atoms with E-state index in [1.165, 1.54) is 6.08 Å². The molecule has 0 radical (unpaired) electrons. The van der Waals surface area contributed by atoms with E-state index in [4.69, 9.17) is 9.47 Å². The summed E-state index contributed by atoms with van der Waals surface area (Å²) >= 11 is 0. The van der Waals surface area contributed by atoms with E-state index in [-0.39, 0.29) is 11.9 Å². The van der Waals surface area contributed by atoms with Gasteiger partial charge in [-0.25, -0.2) is 0 Å². The zero-order valence-electron chi connectivity index (χ0n) is 14.6. The average Bonchev–Trinajstić information content (AvgIpc) is 2.54. The standard InChI is InChI=1S/C17H19N3O6/c1-4-25-13-9-11(5-7-12(13)26-10(2)3)6-8-14-18-16(21)15(20(23)24)17(22)19-14/h5-10H,4H2,1-3H3,(H2,18,19,21,22)/b8-6-. The lowest BCUT2D eigenvalue weighted by atomic mass is 10.2. The highest BCUT2D eigenvalue weighted by Crippen LogP contribution is 2.30. The van der Waals surface area contributed by atoms with E-state index in [0.717, 1.165) is 5.56 Å². The molecule has 2 aromatic rings. The normalized spacial score (nSPS) is 11.1. The van der Waals surface area contributed by atoms with E-state index in [1.54, 1.807) is 24.3 Å². The first kappa shape index (κ1) is 19.0. The minimum Gasteiger partial charge on any atom is -0.490 e. The van der Waals surface area contributed by atoms with Crippen molar-refractivity contribution in [3.8, 4) is 17.4 Å². The SMILES string of the molecule is CCOc1cc(/C=C\c2nc(O)c([N+](=O)[O-])c(=O)[nH]2)ccc1OC(C)C. The molecule has 0 aliphatic rings. The van der Waals surface area contributed by atoms with Gasteiger partial charge in [0, 0.05) is 0 Å². The third-order valence-corrected chi connectivity index (χ3v) is 3.14. The fourth-order valence-electron chi connectivity index (χ4n) is 2.14. The van der Waals surface area contributed by atoms with Crippen LogP contribution in [0.25, 0.3) is 12.2 Å². The van der Waals surface area contributed by atoms with E-state index in [2.05, 4.69) is 9.97 Å². The summed E-state index contributed by atoms with van der Waals surface area (Å²) in [5.74, 6) is 0.225. The Hall–Kier alpha value is -3.36. The summed E-state index contributed by atoms with van der Waals surface area (Å²) in [7, 11) is 0. The highest BCUT2D eigenvalue weighted by atomic mass is 16.6. The van der Waals surface area contributed by atoms with Gasteiger partial charge in [0.25, 0.3) is 5.88 Å². The highest BCUT2D eigenvalue weighted by molar-refractivity contribution is 5.68. The van der Waals surface area contributed by atoms with Crippen molar-refractivity contribution in [1.29, 1.82) is 0 Å². The largest absolute Gasteiger partial charge is 0.490 e. The number of rotatable bonds is 7. The van der Waals surface area contributed by atoms with E-state index < -0.39 is 22.0 Å². The van der Waals surface area contributed by atoms with Gasteiger partial charge in [-0.2, -0.15) is 4.98 Å². The Balaban J connectivity index is 2.31.